The largest absolute Gasteiger partial charge is 0.439 e. The minimum Gasteiger partial charge on any atom is -0.439 e. The molecule has 0 bridgehead atoms. The van der Waals surface area contributed by atoms with E-state index < -0.39 is 0 Å². The zero-order valence-corrected chi connectivity index (χ0v) is 16.6. The zero-order chi connectivity index (χ0) is 21.0. The van der Waals surface area contributed by atoms with Gasteiger partial charge in [0.1, 0.15) is 11.6 Å². The van der Waals surface area contributed by atoms with E-state index >= 15 is 0 Å². The molecule has 0 aliphatic carbocycles. The fraction of sp³-hybridized carbons (Fsp3) is 0. The number of ether oxygens (including phenoxy) is 1. The van der Waals surface area contributed by atoms with Gasteiger partial charge in [-0.2, -0.15) is 0 Å². The number of fused-ring (bicyclic) bond motifs is 1. The third kappa shape index (κ3) is 3.89. The van der Waals surface area contributed by atoms with Crippen LogP contribution in [-0.4, -0.2) is 9.55 Å². The first-order valence-electron chi connectivity index (χ1n) is 9.94. The molecule has 0 radical (unpaired) electrons. The maximum atomic E-state index is 12.9. The predicted octanol–water partition coefficient (Wildman–Crippen LogP) is 5.92. The molecular formula is C26H19N3O2. The first-order chi connectivity index (χ1) is 15.3. The van der Waals surface area contributed by atoms with Gasteiger partial charge in [-0.05, 0) is 36.4 Å². The van der Waals surface area contributed by atoms with Crippen molar-refractivity contribution in [2.24, 2.45) is 0 Å². The molecule has 0 fully saturated rings. The van der Waals surface area contributed by atoms with E-state index in [-0.39, 0.29) is 5.43 Å². The van der Waals surface area contributed by atoms with Crippen LogP contribution >= 0.6 is 0 Å². The maximum absolute atomic E-state index is 12.9. The van der Waals surface area contributed by atoms with E-state index in [1.165, 1.54) is 0 Å². The molecule has 0 aliphatic heterocycles. The van der Waals surface area contributed by atoms with Gasteiger partial charge in [-0.15, -0.1) is 0 Å². The van der Waals surface area contributed by atoms with Crippen molar-refractivity contribution in [3.8, 4) is 17.3 Å². The minimum absolute atomic E-state index is 0.112. The van der Waals surface area contributed by atoms with E-state index in [9.17, 15) is 4.79 Å². The minimum atomic E-state index is -0.112. The number of hydrogen-bond donors (Lipinski definition) is 1. The highest BCUT2D eigenvalue weighted by Crippen LogP contribution is 2.28. The highest BCUT2D eigenvalue weighted by molar-refractivity contribution is 5.84. The van der Waals surface area contributed by atoms with Crippen LogP contribution in [0.3, 0.4) is 0 Å². The maximum Gasteiger partial charge on any atom is 0.221 e. The van der Waals surface area contributed by atoms with E-state index in [2.05, 4.69) is 10.3 Å². The Morgan fingerprint density at radius 2 is 1.42 bits per heavy atom. The van der Waals surface area contributed by atoms with Crippen LogP contribution in [0, 0.1) is 0 Å². The number of pyridine rings is 2. The first kappa shape index (κ1) is 18.6. The molecule has 150 valence electrons. The van der Waals surface area contributed by atoms with Gasteiger partial charge in [-0.25, -0.2) is 4.98 Å². The molecule has 0 unspecified atom stereocenters. The van der Waals surface area contributed by atoms with Crippen LogP contribution in [0.1, 0.15) is 0 Å². The Morgan fingerprint density at radius 1 is 0.774 bits per heavy atom. The van der Waals surface area contributed by atoms with Gasteiger partial charge in [0.2, 0.25) is 5.88 Å². The third-order valence-corrected chi connectivity index (χ3v) is 4.90. The first-order valence-corrected chi connectivity index (χ1v) is 9.94. The molecule has 2 heterocycles. The van der Waals surface area contributed by atoms with Crippen LogP contribution in [0.4, 0.5) is 11.5 Å². The molecule has 5 nitrogen and oxygen atoms in total. The Kier molecular flexibility index (Phi) is 4.91. The summed E-state index contributed by atoms with van der Waals surface area (Å²) in [7, 11) is 0. The Balaban J connectivity index is 1.71. The lowest BCUT2D eigenvalue weighted by atomic mass is 10.2. The second-order valence-corrected chi connectivity index (χ2v) is 7.01. The van der Waals surface area contributed by atoms with Crippen LogP contribution < -0.4 is 15.5 Å². The topological polar surface area (TPSA) is 56.2 Å². The Morgan fingerprint density at radius 3 is 2.13 bits per heavy atom. The number of para-hydroxylation sites is 3. The number of nitrogens with one attached hydrogen (secondary N) is 1. The van der Waals surface area contributed by atoms with Crippen molar-refractivity contribution >= 4 is 22.4 Å². The van der Waals surface area contributed by atoms with Crippen LogP contribution in [0.5, 0.6) is 11.6 Å². The average Bonchev–Trinajstić information content (AvgIpc) is 2.81. The monoisotopic (exact) mass is 405 g/mol. The summed E-state index contributed by atoms with van der Waals surface area (Å²) in [6.07, 6.45) is 1.57. The Labute approximate surface area is 179 Å². The Bertz CT molecular complexity index is 1380. The van der Waals surface area contributed by atoms with Crippen LogP contribution in [0.25, 0.3) is 16.6 Å². The van der Waals surface area contributed by atoms with E-state index in [0.29, 0.717) is 28.4 Å². The normalized spacial score (nSPS) is 10.7. The van der Waals surface area contributed by atoms with Crippen molar-refractivity contribution < 1.29 is 4.74 Å². The summed E-state index contributed by atoms with van der Waals surface area (Å²) in [6, 6.07) is 32.5. The fourth-order valence-corrected chi connectivity index (χ4v) is 3.48. The number of aromatic nitrogens is 2. The molecule has 0 amide bonds. The lowest BCUT2D eigenvalue weighted by molar-refractivity contribution is 0.464. The van der Waals surface area contributed by atoms with Crippen LogP contribution in [0.2, 0.25) is 0 Å². The van der Waals surface area contributed by atoms with Gasteiger partial charge in [0.15, 0.2) is 5.43 Å². The number of rotatable bonds is 5. The number of anilines is 2. The summed E-state index contributed by atoms with van der Waals surface area (Å²) >= 11 is 0. The number of nitrogens with zero attached hydrogens (tertiary/aromatic N) is 2. The van der Waals surface area contributed by atoms with Gasteiger partial charge < -0.3 is 10.1 Å². The molecule has 1 N–H and O–H groups in total. The molecule has 2 aromatic heterocycles. The van der Waals surface area contributed by atoms with Gasteiger partial charge in [0, 0.05) is 29.7 Å². The predicted molar refractivity (Wildman–Crippen MR) is 124 cm³/mol. The lowest BCUT2D eigenvalue weighted by Gasteiger charge is -2.18. The summed E-state index contributed by atoms with van der Waals surface area (Å²) in [5.74, 6) is 1.76. The van der Waals surface area contributed by atoms with E-state index in [1.54, 1.807) is 18.3 Å². The highest BCUT2D eigenvalue weighted by atomic mass is 16.5. The molecule has 0 saturated carbocycles. The Hall–Kier alpha value is -4.38. The van der Waals surface area contributed by atoms with Gasteiger partial charge in [0.25, 0.3) is 0 Å². The quantitative estimate of drug-likeness (QED) is 0.394. The van der Waals surface area contributed by atoms with E-state index in [4.69, 9.17) is 4.74 Å². The molecule has 0 saturated heterocycles. The molecule has 5 rings (SSSR count). The van der Waals surface area contributed by atoms with Gasteiger partial charge in [0.05, 0.1) is 10.9 Å². The summed E-state index contributed by atoms with van der Waals surface area (Å²) in [6.45, 7) is 0. The van der Waals surface area contributed by atoms with Gasteiger partial charge >= 0.3 is 0 Å². The molecule has 5 heteroatoms. The number of benzene rings is 3. The molecular weight excluding hydrogens is 386 g/mol. The summed E-state index contributed by atoms with van der Waals surface area (Å²) in [5.41, 5.74) is 2.40. The van der Waals surface area contributed by atoms with Crippen LogP contribution in [0.15, 0.2) is 114 Å². The van der Waals surface area contributed by atoms with E-state index in [1.807, 2.05) is 95.6 Å². The second-order valence-electron chi connectivity index (χ2n) is 7.01. The lowest BCUT2D eigenvalue weighted by Crippen LogP contribution is -2.13. The molecule has 31 heavy (non-hydrogen) atoms. The van der Waals surface area contributed by atoms with Crippen molar-refractivity contribution in [3.63, 3.8) is 0 Å². The van der Waals surface area contributed by atoms with Gasteiger partial charge in [-0.1, -0.05) is 54.6 Å². The SMILES string of the molecule is O=c1cc(Nc2ccccc2)n(-c2ccccc2)c2cc(Oc3ccccc3)ncc12. The molecule has 0 atom stereocenters. The van der Waals surface area contributed by atoms with Crippen LogP contribution in [-0.2, 0) is 0 Å². The third-order valence-electron chi connectivity index (χ3n) is 4.90. The zero-order valence-electron chi connectivity index (χ0n) is 16.6. The average molecular weight is 405 g/mol. The summed E-state index contributed by atoms with van der Waals surface area (Å²) in [4.78, 5) is 17.3. The van der Waals surface area contributed by atoms with Crippen molar-refractivity contribution in [1.82, 2.24) is 9.55 Å². The second kappa shape index (κ2) is 8.16. The standard InChI is InChI=1S/C26H19N3O2/c30-24-17-25(28-19-10-4-1-5-11-19)29(20-12-6-2-7-13-20)23-16-26(27-18-22(23)24)31-21-14-8-3-9-15-21/h1-18,28H. The smallest absolute Gasteiger partial charge is 0.221 e. The molecule has 0 aliphatic rings. The van der Waals surface area contributed by atoms with E-state index in [0.717, 1.165) is 11.4 Å². The van der Waals surface area contributed by atoms with Crippen molar-refractivity contribution in [2.45, 2.75) is 0 Å². The summed E-state index contributed by atoms with van der Waals surface area (Å²) < 4.78 is 7.93. The molecule has 0 spiro atoms. The molecule has 3 aromatic carbocycles. The fourth-order valence-electron chi connectivity index (χ4n) is 3.48. The van der Waals surface area contributed by atoms with Crippen molar-refractivity contribution in [2.75, 3.05) is 5.32 Å². The van der Waals surface area contributed by atoms with Crippen molar-refractivity contribution in [3.05, 3.63) is 120 Å². The highest BCUT2D eigenvalue weighted by Gasteiger charge is 2.13. The summed E-state index contributed by atoms with van der Waals surface area (Å²) in [5, 5.41) is 3.89. The molecule has 5 aromatic rings. The van der Waals surface area contributed by atoms with Crippen molar-refractivity contribution in [1.29, 1.82) is 0 Å². The van der Waals surface area contributed by atoms with Gasteiger partial charge in [-0.3, -0.25) is 9.36 Å². The number of hydrogen-bond acceptors (Lipinski definition) is 4.